The average molecular weight is 509 g/mol. The van der Waals surface area contributed by atoms with Gasteiger partial charge in [-0.1, -0.05) is 35.0 Å². The van der Waals surface area contributed by atoms with Crippen molar-refractivity contribution >= 4 is 46.6 Å². The molecule has 0 unspecified atom stereocenters. The number of aromatic nitrogens is 3. The van der Waals surface area contributed by atoms with Crippen LogP contribution in [0, 0.1) is 0 Å². The quantitative estimate of drug-likeness (QED) is 0.262. The highest BCUT2D eigenvalue weighted by molar-refractivity contribution is 8.00. The number of hydrogen-bond donors (Lipinski definition) is 1. The molecule has 0 aliphatic rings. The second-order valence-corrected chi connectivity index (χ2v) is 9.30. The van der Waals surface area contributed by atoms with Crippen molar-refractivity contribution in [2.45, 2.75) is 43.6 Å². The Balaban J connectivity index is 1.52. The van der Waals surface area contributed by atoms with E-state index in [1.54, 1.807) is 49.6 Å². The third-order valence-corrected chi connectivity index (χ3v) is 6.43. The molecule has 33 heavy (non-hydrogen) atoms. The second kappa shape index (κ2) is 12.2. The maximum Gasteiger partial charge on any atom is 0.237 e. The van der Waals surface area contributed by atoms with Crippen LogP contribution in [0.25, 0.3) is 0 Å². The van der Waals surface area contributed by atoms with Gasteiger partial charge in [0.25, 0.3) is 0 Å². The minimum absolute atomic E-state index is 0.106. The predicted octanol–water partition coefficient (Wildman–Crippen LogP) is 5.74. The molecule has 2 aromatic carbocycles. The first-order valence-electron chi connectivity index (χ1n) is 10.5. The molecule has 0 spiro atoms. The maximum atomic E-state index is 12.6. The molecular formula is C23H26Cl2N4O3S. The number of amides is 1. The zero-order valence-electron chi connectivity index (χ0n) is 18.7. The number of benzene rings is 2. The van der Waals surface area contributed by atoms with Crippen LogP contribution < -0.4 is 14.8 Å². The fourth-order valence-electron chi connectivity index (χ4n) is 3.04. The summed E-state index contributed by atoms with van der Waals surface area (Å²) in [4.78, 5) is 12.6. The van der Waals surface area contributed by atoms with Crippen molar-refractivity contribution in [3.05, 3.63) is 58.3 Å². The first-order chi connectivity index (χ1) is 15.9. The van der Waals surface area contributed by atoms with Crippen LogP contribution in [-0.4, -0.2) is 39.6 Å². The van der Waals surface area contributed by atoms with Crippen LogP contribution in [0.3, 0.4) is 0 Å². The zero-order valence-corrected chi connectivity index (χ0v) is 21.0. The van der Waals surface area contributed by atoms with Gasteiger partial charge in [0.2, 0.25) is 5.91 Å². The number of methoxy groups -OCH3 is 1. The third-order valence-electron chi connectivity index (χ3n) is 4.81. The molecule has 1 heterocycles. The fourth-order valence-corrected chi connectivity index (χ4v) is 4.44. The molecule has 176 valence electrons. The minimum atomic E-state index is -0.343. The van der Waals surface area contributed by atoms with E-state index in [9.17, 15) is 4.79 Å². The summed E-state index contributed by atoms with van der Waals surface area (Å²) in [6, 6.07) is 12.4. The van der Waals surface area contributed by atoms with Gasteiger partial charge < -0.3 is 19.4 Å². The normalized spacial score (nSPS) is 11.8. The van der Waals surface area contributed by atoms with Crippen molar-refractivity contribution in [3.63, 3.8) is 0 Å². The van der Waals surface area contributed by atoms with Crippen molar-refractivity contribution in [2.24, 2.45) is 0 Å². The number of nitrogens with zero attached hydrogens (tertiary/aromatic N) is 3. The number of nitrogens with one attached hydrogen (secondary N) is 1. The molecular weight excluding hydrogens is 483 g/mol. The number of thioether (sulfide) groups is 1. The molecule has 3 rings (SSSR count). The third kappa shape index (κ3) is 7.03. The van der Waals surface area contributed by atoms with Gasteiger partial charge in [-0.15, -0.1) is 10.2 Å². The van der Waals surface area contributed by atoms with Crippen molar-refractivity contribution < 1.29 is 14.3 Å². The first-order valence-corrected chi connectivity index (χ1v) is 12.2. The first kappa shape index (κ1) is 25.2. The molecule has 7 nitrogen and oxygen atoms in total. The second-order valence-electron chi connectivity index (χ2n) is 7.15. The van der Waals surface area contributed by atoms with E-state index in [0.29, 0.717) is 46.2 Å². The smallest absolute Gasteiger partial charge is 0.237 e. The van der Waals surface area contributed by atoms with Gasteiger partial charge >= 0.3 is 0 Å². The molecule has 1 N–H and O–H groups in total. The summed E-state index contributed by atoms with van der Waals surface area (Å²) in [7, 11) is 1.60. The van der Waals surface area contributed by atoms with Crippen LogP contribution in [0.4, 0.5) is 5.69 Å². The fraction of sp³-hybridized carbons (Fsp3) is 0.348. The van der Waals surface area contributed by atoms with Crippen LogP contribution in [-0.2, 0) is 17.8 Å². The number of carbonyl (C=O) groups is 1. The van der Waals surface area contributed by atoms with Gasteiger partial charge in [-0.2, -0.15) is 0 Å². The molecule has 0 radical (unpaired) electrons. The van der Waals surface area contributed by atoms with E-state index in [4.69, 9.17) is 32.7 Å². The number of ether oxygens (including phenoxy) is 2. The molecule has 3 aromatic rings. The predicted molar refractivity (Wildman–Crippen MR) is 133 cm³/mol. The van der Waals surface area contributed by atoms with Gasteiger partial charge in [0, 0.05) is 23.7 Å². The van der Waals surface area contributed by atoms with Gasteiger partial charge in [0.1, 0.15) is 17.3 Å². The van der Waals surface area contributed by atoms with Crippen molar-refractivity contribution in [1.82, 2.24) is 14.8 Å². The lowest BCUT2D eigenvalue weighted by Crippen LogP contribution is -2.23. The molecule has 1 atom stereocenters. The van der Waals surface area contributed by atoms with E-state index in [-0.39, 0.29) is 11.2 Å². The number of halogens is 2. The van der Waals surface area contributed by atoms with Gasteiger partial charge in [0.15, 0.2) is 5.16 Å². The summed E-state index contributed by atoms with van der Waals surface area (Å²) in [6.07, 6.45) is 1.44. The van der Waals surface area contributed by atoms with Crippen LogP contribution in [0.5, 0.6) is 11.5 Å². The Kier molecular flexibility index (Phi) is 9.29. The van der Waals surface area contributed by atoms with E-state index >= 15 is 0 Å². The molecule has 0 fully saturated rings. The highest BCUT2D eigenvalue weighted by Gasteiger charge is 2.20. The summed E-state index contributed by atoms with van der Waals surface area (Å²) in [5.74, 6) is 2.09. The molecule has 0 aliphatic carbocycles. The number of anilines is 1. The van der Waals surface area contributed by atoms with Crippen LogP contribution in [0.15, 0.2) is 47.6 Å². The van der Waals surface area contributed by atoms with E-state index in [1.807, 2.05) is 18.4 Å². The standard InChI is InChI=1S/C23H26Cl2N4O3S/c1-4-29-21(6-5-13-32-20-12-7-16(24)14-19(20)25)27-28-23(29)33-15(2)22(30)26-17-8-10-18(31-3)11-9-17/h7-12,14-15H,4-6,13H2,1-3H3,(H,26,30)/t15-/m1/s1. The van der Waals surface area contributed by atoms with E-state index in [1.165, 1.54) is 11.8 Å². The summed E-state index contributed by atoms with van der Waals surface area (Å²) in [5.41, 5.74) is 0.715. The summed E-state index contributed by atoms with van der Waals surface area (Å²) < 4.78 is 12.9. The Morgan fingerprint density at radius 3 is 2.61 bits per heavy atom. The number of rotatable bonds is 11. The number of aryl methyl sites for hydroxylation is 1. The Hall–Kier alpha value is -2.42. The van der Waals surface area contributed by atoms with Crippen molar-refractivity contribution in [1.29, 1.82) is 0 Å². The minimum Gasteiger partial charge on any atom is -0.497 e. The monoisotopic (exact) mass is 508 g/mol. The van der Waals surface area contributed by atoms with Gasteiger partial charge in [-0.05, 0) is 62.7 Å². The summed E-state index contributed by atoms with van der Waals surface area (Å²) in [5, 5.41) is 13.0. The van der Waals surface area contributed by atoms with Gasteiger partial charge in [-0.25, -0.2) is 0 Å². The summed E-state index contributed by atoms with van der Waals surface area (Å²) in [6.45, 7) is 5.08. The highest BCUT2D eigenvalue weighted by atomic mass is 35.5. The summed E-state index contributed by atoms with van der Waals surface area (Å²) >= 11 is 13.4. The molecule has 0 saturated carbocycles. The van der Waals surface area contributed by atoms with E-state index in [2.05, 4.69) is 15.5 Å². The topological polar surface area (TPSA) is 78.3 Å². The van der Waals surface area contributed by atoms with Crippen molar-refractivity contribution in [2.75, 3.05) is 19.0 Å². The zero-order chi connectivity index (χ0) is 23.8. The highest BCUT2D eigenvalue weighted by Crippen LogP contribution is 2.28. The number of hydrogen-bond acceptors (Lipinski definition) is 6. The lowest BCUT2D eigenvalue weighted by Gasteiger charge is -2.13. The van der Waals surface area contributed by atoms with E-state index in [0.717, 1.165) is 18.0 Å². The lowest BCUT2D eigenvalue weighted by molar-refractivity contribution is -0.115. The van der Waals surface area contributed by atoms with Crippen LogP contribution >= 0.6 is 35.0 Å². The van der Waals surface area contributed by atoms with Gasteiger partial charge in [-0.3, -0.25) is 4.79 Å². The van der Waals surface area contributed by atoms with Gasteiger partial charge in [0.05, 0.1) is 24.0 Å². The number of carbonyl (C=O) groups excluding carboxylic acids is 1. The molecule has 1 amide bonds. The molecule has 0 saturated heterocycles. The SMILES string of the molecule is CCn1c(CCCOc2ccc(Cl)cc2Cl)nnc1S[C@H](C)C(=O)Nc1ccc(OC)cc1. The molecule has 10 heteroatoms. The molecule has 0 bridgehead atoms. The lowest BCUT2D eigenvalue weighted by atomic mass is 10.3. The Morgan fingerprint density at radius 2 is 1.94 bits per heavy atom. The Bertz CT molecular complexity index is 1080. The molecule has 0 aliphatic heterocycles. The van der Waals surface area contributed by atoms with Crippen LogP contribution in [0.1, 0.15) is 26.1 Å². The Labute approximate surface area is 207 Å². The van der Waals surface area contributed by atoms with Crippen LogP contribution in [0.2, 0.25) is 10.0 Å². The van der Waals surface area contributed by atoms with E-state index < -0.39 is 0 Å². The Morgan fingerprint density at radius 1 is 1.18 bits per heavy atom. The molecule has 1 aromatic heterocycles. The van der Waals surface area contributed by atoms with Crippen molar-refractivity contribution in [3.8, 4) is 11.5 Å². The maximum absolute atomic E-state index is 12.6. The largest absolute Gasteiger partial charge is 0.497 e. The average Bonchev–Trinajstić information content (AvgIpc) is 3.19.